The average molecular weight is 375 g/mol. The van der Waals surface area contributed by atoms with Crippen LogP contribution in [0.1, 0.15) is 25.0 Å². The molecule has 0 saturated heterocycles. The van der Waals surface area contributed by atoms with Crippen molar-refractivity contribution in [2.45, 2.75) is 20.3 Å². The largest absolute Gasteiger partial charge is 0.372 e. The molecule has 146 valence electrons. The predicted octanol–water partition coefficient (Wildman–Crippen LogP) is 4.94. The second-order valence-corrected chi connectivity index (χ2v) is 6.61. The van der Waals surface area contributed by atoms with Gasteiger partial charge in [0, 0.05) is 25.5 Å². The first-order chi connectivity index (χ1) is 13.5. The summed E-state index contributed by atoms with van der Waals surface area (Å²) in [7, 11) is 2.02. The van der Waals surface area contributed by atoms with E-state index in [1.54, 1.807) is 6.20 Å². The van der Waals surface area contributed by atoms with E-state index in [0.717, 1.165) is 30.0 Å². The van der Waals surface area contributed by atoms with E-state index in [0.29, 0.717) is 0 Å². The van der Waals surface area contributed by atoms with Gasteiger partial charge in [0.05, 0.1) is 12.0 Å². The van der Waals surface area contributed by atoms with E-state index in [1.165, 1.54) is 16.7 Å². The number of hydrogen-bond donors (Lipinski definition) is 2. The third kappa shape index (κ3) is 6.16. The average Bonchev–Trinajstić information content (AvgIpc) is 2.73. The molecule has 0 spiro atoms. The minimum Gasteiger partial charge on any atom is -0.372 e. The molecule has 4 nitrogen and oxygen atoms in total. The van der Waals surface area contributed by atoms with Crippen molar-refractivity contribution < 1.29 is 0 Å². The van der Waals surface area contributed by atoms with Crippen molar-refractivity contribution in [3.05, 3.63) is 96.5 Å². The smallest absolute Gasteiger partial charge is 0.0981 e. The number of nitrogens with one attached hydrogen (secondary N) is 2. The van der Waals surface area contributed by atoms with Gasteiger partial charge in [-0.05, 0) is 54.7 Å². The second-order valence-electron chi connectivity index (χ2n) is 6.61. The zero-order valence-corrected chi connectivity index (χ0v) is 17.1. The van der Waals surface area contributed by atoms with Crippen molar-refractivity contribution in [2.75, 3.05) is 18.5 Å². The lowest BCUT2D eigenvalue weighted by Gasteiger charge is -2.23. The lowest BCUT2D eigenvalue weighted by molar-refractivity contribution is 0.762. The summed E-state index contributed by atoms with van der Waals surface area (Å²) >= 11 is 0. The molecule has 0 aliphatic carbocycles. The van der Waals surface area contributed by atoms with Gasteiger partial charge in [0.2, 0.25) is 0 Å². The van der Waals surface area contributed by atoms with Crippen LogP contribution in [0, 0.1) is 0 Å². The topological polar surface area (TPSA) is 39.7 Å². The van der Waals surface area contributed by atoms with Crippen LogP contribution in [0.5, 0.6) is 0 Å². The fourth-order valence-corrected chi connectivity index (χ4v) is 2.71. The first-order valence-electron chi connectivity index (χ1n) is 9.40. The Hall–Kier alpha value is -3.27. The maximum absolute atomic E-state index is 4.13. The fourth-order valence-electron chi connectivity index (χ4n) is 2.71. The predicted molar refractivity (Wildman–Crippen MR) is 122 cm³/mol. The summed E-state index contributed by atoms with van der Waals surface area (Å²) in [5.74, 6) is 0.893. The van der Waals surface area contributed by atoms with Crippen molar-refractivity contribution >= 4 is 17.5 Å². The lowest BCUT2D eigenvalue weighted by atomic mass is 10.0. The Morgan fingerprint density at radius 1 is 1.07 bits per heavy atom. The molecule has 2 N–H and O–H groups in total. The standard InChI is InChI=1S/C24H30N4/c1-6-26-27-18-19(2)20(3)23-14-12-22(13-15-23)16-17-25-21(4)28(5)24-10-8-7-9-11-24/h6-15,18,25-26H,1,4,16-17H2,2-3,5H3/b20-19+,27-18-. The number of allylic oxidation sites excluding steroid dienone is 2. The van der Waals surface area contributed by atoms with Crippen molar-refractivity contribution in [1.82, 2.24) is 10.7 Å². The number of benzene rings is 2. The van der Waals surface area contributed by atoms with Crippen LogP contribution in [-0.2, 0) is 6.42 Å². The molecule has 0 aliphatic rings. The molecule has 0 atom stereocenters. The highest BCUT2D eigenvalue weighted by Gasteiger charge is 2.04. The van der Waals surface area contributed by atoms with E-state index in [4.69, 9.17) is 0 Å². The molecule has 28 heavy (non-hydrogen) atoms. The molecule has 2 aromatic rings. The minimum atomic E-state index is 0.836. The Bertz CT molecular complexity index is 833. The van der Waals surface area contributed by atoms with Gasteiger partial charge < -0.3 is 10.2 Å². The summed E-state index contributed by atoms with van der Waals surface area (Å²) in [6, 6.07) is 18.9. The van der Waals surface area contributed by atoms with Gasteiger partial charge in [0.1, 0.15) is 0 Å². The quantitative estimate of drug-likeness (QED) is 0.457. The Morgan fingerprint density at radius 3 is 2.39 bits per heavy atom. The third-order valence-electron chi connectivity index (χ3n) is 4.69. The molecular formula is C24H30N4. The molecule has 2 rings (SSSR count). The van der Waals surface area contributed by atoms with Crippen LogP contribution >= 0.6 is 0 Å². The molecule has 4 heteroatoms. The van der Waals surface area contributed by atoms with Gasteiger partial charge in [-0.3, -0.25) is 5.43 Å². The number of anilines is 1. The Kier molecular flexibility index (Phi) is 8.10. The van der Waals surface area contributed by atoms with Crippen molar-refractivity contribution in [2.24, 2.45) is 5.10 Å². The van der Waals surface area contributed by atoms with Crippen LogP contribution in [-0.4, -0.2) is 19.8 Å². The number of hydrogen-bond acceptors (Lipinski definition) is 4. The molecule has 0 aromatic heterocycles. The molecule has 0 amide bonds. The van der Waals surface area contributed by atoms with Crippen molar-refractivity contribution in [3.63, 3.8) is 0 Å². The van der Waals surface area contributed by atoms with E-state index in [1.807, 2.05) is 31.5 Å². The van der Waals surface area contributed by atoms with Crippen LogP contribution in [0.2, 0.25) is 0 Å². The van der Waals surface area contributed by atoms with Gasteiger partial charge in [-0.2, -0.15) is 5.10 Å². The normalized spacial score (nSPS) is 11.7. The summed E-state index contributed by atoms with van der Waals surface area (Å²) in [4.78, 5) is 2.06. The first-order valence-corrected chi connectivity index (χ1v) is 9.40. The first kappa shape index (κ1) is 21.0. The van der Waals surface area contributed by atoms with Crippen molar-refractivity contribution in [3.8, 4) is 0 Å². The Morgan fingerprint density at radius 2 is 1.75 bits per heavy atom. The minimum absolute atomic E-state index is 0.836. The highest BCUT2D eigenvalue weighted by Crippen LogP contribution is 2.18. The highest BCUT2D eigenvalue weighted by atomic mass is 15.3. The Balaban J connectivity index is 1.88. The van der Waals surface area contributed by atoms with Crippen LogP contribution < -0.4 is 15.6 Å². The molecule has 0 bridgehead atoms. The summed E-state index contributed by atoms with van der Waals surface area (Å²) in [6.45, 7) is 12.7. The molecule has 0 unspecified atom stereocenters. The van der Waals surface area contributed by atoms with Gasteiger partial charge >= 0.3 is 0 Å². The number of rotatable bonds is 10. The highest BCUT2D eigenvalue weighted by molar-refractivity contribution is 5.89. The Labute approximate surface area is 169 Å². The third-order valence-corrected chi connectivity index (χ3v) is 4.69. The number of hydrazone groups is 1. The van der Waals surface area contributed by atoms with Crippen LogP contribution in [0.15, 0.2) is 90.5 Å². The van der Waals surface area contributed by atoms with Gasteiger partial charge in [-0.15, -0.1) is 0 Å². The summed E-state index contributed by atoms with van der Waals surface area (Å²) in [6.07, 6.45) is 4.30. The zero-order valence-electron chi connectivity index (χ0n) is 17.1. The van der Waals surface area contributed by atoms with Crippen LogP contribution in [0.25, 0.3) is 5.57 Å². The molecule has 0 saturated carbocycles. The van der Waals surface area contributed by atoms with E-state index >= 15 is 0 Å². The van der Waals surface area contributed by atoms with Gasteiger partial charge in [-0.25, -0.2) is 0 Å². The van der Waals surface area contributed by atoms with Crippen LogP contribution in [0.4, 0.5) is 5.69 Å². The molecular weight excluding hydrogens is 344 g/mol. The van der Waals surface area contributed by atoms with E-state index in [-0.39, 0.29) is 0 Å². The van der Waals surface area contributed by atoms with E-state index in [9.17, 15) is 0 Å². The summed E-state index contributed by atoms with van der Waals surface area (Å²) in [5, 5.41) is 7.48. The second kappa shape index (κ2) is 10.8. The maximum atomic E-state index is 4.13. The molecule has 0 radical (unpaired) electrons. The van der Waals surface area contributed by atoms with Crippen molar-refractivity contribution in [1.29, 1.82) is 0 Å². The van der Waals surface area contributed by atoms with E-state index in [2.05, 4.69) is 84.1 Å². The fraction of sp³-hybridized carbons (Fsp3) is 0.208. The molecule has 0 fully saturated rings. The van der Waals surface area contributed by atoms with Gasteiger partial charge in [0.15, 0.2) is 0 Å². The molecule has 0 aliphatic heterocycles. The molecule has 0 heterocycles. The van der Waals surface area contributed by atoms with Gasteiger partial charge in [-0.1, -0.05) is 55.6 Å². The van der Waals surface area contributed by atoms with E-state index < -0.39 is 0 Å². The van der Waals surface area contributed by atoms with Crippen LogP contribution in [0.3, 0.4) is 0 Å². The lowest BCUT2D eigenvalue weighted by Crippen LogP contribution is -2.28. The summed E-state index contributed by atoms with van der Waals surface area (Å²) < 4.78 is 0. The number of nitrogens with zero attached hydrogens (tertiary/aromatic N) is 2. The summed E-state index contributed by atoms with van der Waals surface area (Å²) in [5.41, 5.74) is 8.66. The maximum Gasteiger partial charge on any atom is 0.0981 e. The molecule has 2 aromatic carbocycles. The SMILES string of the molecule is C=CN/N=C\C(C)=C(/C)c1ccc(CCNC(=C)N(C)c2ccccc2)cc1. The van der Waals surface area contributed by atoms with Gasteiger partial charge in [0.25, 0.3) is 0 Å². The monoisotopic (exact) mass is 374 g/mol. The number of para-hydroxylation sites is 1. The zero-order chi connectivity index (χ0) is 20.4.